The average molecular weight is 883 g/mol. The molecule has 14 rings (SSSR count). The van der Waals surface area contributed by atoms with Crippen LogP contribution >= 0.6 is 0 Å². The van der Waals surface area contributed by atoms with E-state index in [-0.39, 0.29) is 0 Å². The number of hydrogen-bond donors (Lipinski definition) is 0. The third-order valence-corrected chi connectivity index (χ3v) is 13.5. The lowest BCUT2D eigenvalue weighted by molar-refractivity contribution is 0.668. The van der Waals surface area contributed by atoms with E-state index in [2.05, 4.69) is 193 Å². The van der Waals surface area contributed by atoms with Gasteiger partial charge in [0.05, 0.1) is 11.0 Å². The van der Waals surface area contributed by atoms with Gasteiger partial charge in [-0.3, -0.25) is 0 Å². The van der Waals surface area contributed by atoms with Crippen LogP contribution in [-0.2, 0) is 0 Å². The van der Waals surface area contributed by atoms with Crippen LogP contribution in [0.5, 0.6) is 0 Å². The van der Waals surface area contributed by atoms with E-state index in [4.69, 9.17) is 23.8 Å². The van der Waals surface area contributed by atoms with E-state index in [9.17, 15) is 0 Å². The van der Waals surface area contributed by atoms with Gasteiger partial charge >= 0.3 is 0 Å². The Bertz CT molecular complexity index is 4290. The summed E-state index contributed by atoms with van der Waals surface area (Å²) in [6.45, 7) is 0. The van der Waals surface area contributed by atoms with Crippen LogP contribution < -0.4 is 0 Å². The summed E-state index contributed by atoms with van der Waals surface area (Å²) in [4.78, 5) is 15.0. The summed E-state index contributed by atoms with van der Waals surface area (Å²) >= 11 is 0. The molecule has 0 radical (unpaired) electrons. The second-order valence-corrected chi connectivity index (χ2v) is 17.6. The van der Waals surface area contributed by atoms with Gasteiger partial charge in [-0.1, -0.05) is 170 Å². The van der Waals surface area contributed by atoms with Crippen LogP contribution in [-0.4, -0.2) is 19.5 Å². The number of para-hydroxylation sites is 2. The van der Waals surface area contributed by atoms with E-state index in [0.717, 1.165) is 99.5 Å². The van der Waals surface area contributed by atoms with Crippen molar-refractivity contribution in [1.82, 2.24) is 19.5 Å². The van der Waals surface area contributed by atoms with Crippen LogP contribution in [0.3, 0.4) is 0 Å². The fraction of sp³-hybridized carbons (Fsp3) is 0. The van der Waals surface area contributed by atoms with Crippen molar-refractivity contribution in [3.05, 3.63) is 231 Å². The Hall–Kier alpha value is -9.39. The Labute approximate surface area is 396 Å². The highest BCUT2D eigenvalue weighted by molar-refractivity contribution is 6.14. The fourth-order valence-electron chi connectivity index (χ4n) is 10.1. The van der Waals surface area contributed by atoms with Gasteiger partial charge in [0, 0.05) is 60.3 Å². The molecule has 0 unspecified atom stereocenters. The van der Waals surface area contributed by atoms with Crippen LogP contribution in [0.4, 0.5) is 0 Å². The van der Waals surface area contributed by atoms with Crippen molar-refractivity contribution in [2.45, 2.75) is 0 Å². The van der Waals surface area contributed by atoms with Crippen LogP contribution in [0.2, 0.25) is 0 Å². The zero-order chi connectivity index (χ0) is 45.4. The zero-order valence-electron chi connectivity index (χ0n) is 37.0. The molecular weight excluding hydrogens is 845 g/mol. The van der Waals surface area contributed by atoms with E-state index >= 15 is 0 Å². The van der Waals surface area contributed by atoms with Crippen LogP contribution in [0.25, 0.3) is 139 Å². The van der Waals surface area contributed by atoms with E-state index in [0.29, 0.717) is 17.5 Å². The minimum Gasteiger partial charge on any atom is -0.456 e. The highest BCUT2D eigenvalue weighted by atomic mass is 16.3. The maximum atomic E-state index is 6.74. The van der Waals surface area contributed by atoms with E-state index in [1.807, 2.05) is 42.5 Å². The van der Waals surface area contributed by atoms with Gasteiger partial charge in [-0.2, -0.15) is 0 Å². The first-order valence-electron chi connectivity index (χ1n) is 23.2. The molecule has 4 aromatic heterocycles. The molecule has 0 N–H and O–H groups in total. The van der Waals surface area contributed by atoms with E-state index < -0.39 is 0 Å². The third-order valence-electron chi connectivity index (χ3n) is 13.5. The first-order chi connectivity index (χ1) is 34.2. The van der Waals surface area contributed by atoms with Crippen molar-refractivity contribution in [2.24, 2.45) is 0 Å². The van der Waals surface area contributed by atoms with Crippen LogP contribution in [0.15, 0.2) is 239 Å². The number of nitrogens with zero attached hydrogens (tertiary/aromatic N) is 4. The molecule has 0 atom stereocenters. The molecule has 6 heteroatoms. The van der Waals surface area contributed by atoms with Gasteiger partial charge in [-0.25, -0.2) is 15.0 Å². The Morgan fingerprint density at radius 3 is 1.52 bits per heavy atom. The SMILES string of the molecule is c1ccc(-c2ccc(-c3nc(-c4ccccc4)nc(-c4ccc5c(c4)oc4cc(-c6cccc7c6oc6ccc(-n8c9ccccc9c9cc(-c%10ccccc%10)ccc98)cc67)ccc45)n3)cc2)cc1. The van der Waals surface area contributed by atoms with Gasteiger partial charge in [0.25, 0.3) is 0 Å². The summed E-state index contributed by atoms with van der Waals surface area (Å²) in [5.74, 6) is 1.79. The molecule has 0 fully saturated rings. The van der Waals surface area contributed by atoms with Crippen molar-refractivity contribution in [3.63, 3.8) is 0 Å². The van der Waals surface area contributed by atoms with Crippen LogP contribution in [0.1, 0.15) is 0 Å². The van der Waals surface area contributed by atoms with Crippen molar-refractivity contribution >= 4 is 65.7 Å². The molecule has 322 valence electrons. The van der Waals surface area contributed by atoms with Gasteiger partial charge in [-0.05, 0) is 88.5 Å². The molecular formula is C63H38N4O2. The summed E-state index contributed by atoms with van der Waals surface area (Å²) in [5.41, 5.74) is 16.0. The molecule has 69 heavy (non-hydrogen) atoms. The largest absolute Gasteiger partial charge is 0.456 e. The Balaban J connectivity index is 0.833. The monoisotopic (exact) mass is 882 g/mol. The maximum Gasteiger partial charge on any atom is 0.164 e. The quantitative estimate of drug-likeness (QED) is 0.159. The van der Waals surface area contributed by atoms with Crippen molar-refractivity contribution in [3.8, 4) is 73.2 Å². The highest BCUT2D eigenvalue weighted by Gasteiger charge is 2.19. The number of furan rings is 2. The first-order valence-corrected chi connectivity index (χ1v) is 23.2. The third kappa shape index (κ3) is 6.53. The average Bonchev–Trinajstić information content (AvgIpc) is 4.10. The second-order valence-electron chi connectivity index (χ2n) is 17.6. The number of benzene rings is 10. The standard InChI is InChI=1S/C63H38N4O2/c1-4-13-39(14-5-1)41-23-25-43(26-24-41)62-64-61(42-17-8-3-9-18-42)65-63(66-62)46-28-32-51-50-31-27-45(36-58(50)68-59(51)37-46)48-20-12-21-52-54-38-47(30-34-57(54)69-60(48)52)67-55-22-11-10-19-49(55)53-35-44(29-33-56(53)67)40-15-6-2-7-16-40/h1-38H. The lowest BCUT2D eigenvalue weighted by Crippen LogP contribution is -2.00. The van der Waals surface area contributed by atoms with Crippen molar-refractivity contribution < 1.29 is 8.83 Å². The molecule has 10 aromatic carbocycles. The molecule has 6 nitrogen and oxygen atoms in total. The minimum atomic E-state index is 0.573. The normalized spacial score (nSPS) is 11.8. The highest BCUT2D eigenvalue weighted by Crippen LogP contribution is 2.41. The first kappa shape index (κ1) is 38.8. The van der Waals surface area contributed by atoms with Crippen molar-refractivity contribution in [1.29, 1.82) is 0 Å². The summed E-state index contributed by atoms with van der Waals surface area (Å²) in [5, 5.41) is 6.62. The molecule has 0 spiro atoms. The molecule has 0 amide bonds. The topological polar surface area (TPSA) is 69.9 Å². The van der Waals surface area contributed by atoms with E-state index in [1.54, 1.807) is 0 Å². The van der Waals surface area contributed by atoms with Gasteiger partial charge in [0.1, 0.15) is 22.3 Å². The van der Waals surface area contributed by atoms with Crippen LogP contribution in [0, 0.1) is 0 Å². The lowest BCUT2D eigenvalue weighted by atomic mass is 10.0. The fourth-order valence-corrected chi connectivity index (χ4v) is 10.1. The zero-order valence-corrected chi connectivity index (χ0v) is 37.0. The summed E-state index contributed by atoms with van der Waals surface area (Å²) < 4.78 is 15.8. The smallest absolute Gasteiger partial charge is 0.164 e. The Morgan fingerprint density at radius 1 is 0.275 bits per heavy atom. The van der Waals surface area contributed by atoms with Gasteiger partial charge in [0.15, 0.2) is 17.5 Å². The molecule has 0 aliphatic rings. The molecule has 14 aromatic rings. The number of rotatable bonds is 7. The molecule has 0 bridgehead atoms. The van der Waals surface area contributed by atoms with E-state index in [1.165, 1.54) is 21.9 Å². The summed E-state index contributed by atoms with van der Waals surface area (Å²) in [6, 6.07) is 80.4. The predicted molar refractivity (Wildman–Crippen MR) is 281 cm³/mol. The molecule has 0 saturated heterocycles. The predicted octanol–water partition coefficient (Wildman–Crippen LogP) is 16.8. The number of fused-ring (bicyclic) bond motifs is 9. The summed E-state index contributed by atoms with van der Waals surface area (Å²) in [7, 11) is 0. The summed E-state index contributed by atoms with van der Waals surface area (Å²) in [6.07, 6.45) is 0. The van der Waals surface area contributed by atoms with Gasteiger partial charge in [0.2, 0.25) is 0 Å². The lowest BCUT2D eigenvalue weighted by Gasteiger charge is -2.09. The number of aromatic nitrogens is 4. The van der Waals surface area contributed by atoms with Gasteiger partial charge < -0.3 is 13.4 Å². The molecule has 0 aliphatic heterocycles. The Morgan fingerprint density at radius 2 is 0.797 bits per heavy atom. The number of hydrogen-bond acceptors (Lipinski definition) is 5. The molecule has 0 aliphatic carbocycles. The molecule has 4 heterocycles. The maximum absolute atomic E-state index is 6.74. The second kappa shape index (κ2) is 15.6. The molecule has 0 saturated carbocycles. The van der Waals surface area contributed by atoms with Gasteiger partial charge in [-0.15, -0.1) is 0 Å². The van der Waals surface area contributed by atoms with Crippen molar-refractivity contribution in [2.75, 3.05) is 0 Å². The minimum absolute atomic E-state index is 0.573. The Kier molecular flexibility index (Phi) is 8.79.